The lowest BCUT2D eigenvalue weighted by Gasteiger charge is -2.18. The molecule has 2 nitrogen and oxygen atoms in total. The molecule has 8 rings (SSSR count). The quantitative estimate of drug-likeness (QED) is 0.203. The number of aryl methyl sites for hydroxylation is 1. The third-order valence-electron chi connectivity index (χ3n) is 8.71. The Balaban J connectivity index is 1.36. The van der Waals surface area contributed by atoms with Gasteiger partial charge in [0.05, 0.1) is 7.11 Å². The summed E-state index contributed by atoms with van der Waals surface area (Å²) in [6, 6.07) is 50.6. The number of fused-ring (bicyclic) bond motifs is 5. The highest BCUT2D eigenvalue weighted by atomic mass is 16.5. The number of ether oxygens (including phenoxy) is 1. The monoisotopic (exact) mass is 539 g/mol. The maximum absolute atomic E-state index is 5.45. The van der Waals surface area contributed by atoms with Crippen molar-refractivity contribution in [2.24, 2.45) is 7.05 Å². The fraction of sp³-hybridized carbons (Fsp3) is 0.0500. The zero-order chi connectivity index (χ0) is 28.2. The molecule has 0 aliphatic heterocycles. The SMILES string of the molecule is COc1ccc(-c2c3ccccc3c(-c3cccc(-c4ccc5c(c4)c4ccccc4n5C)c3)c3ccccc23)cc1. The van der Waals surface area contributed by atoms with E-state index in [9.17, 15) is 0 Å². The van der Waals surface area contributed by atoms with Crippen molar-refractivity contribution in [3.63, 3.8) is 0 Å². The average molecular weight is 540 g/mol. The van der Waals surface area contributed by atoms with Gasteiger partial charge in [0.15, 0.2) is 0 Å². The van der Waals surface area contributed by atoms with Crippen LogP contribution in [0.2, 0.25) is 0 Å². The van der Waals surface area contributed by atoms with Gasteiger partial charge in [-0.1, -0.05) is 103 Å². The summed E-state index contributed by atoms with van der Waals surface area (Å²) in [6.07, 6.45) is 0. The van der Waals surface area contributed by atoms with Crippen LogP contribution in [0.5, 0.6) is 5.75 Å². The minimum Gasteiger partial charge on any atom is -0.497 e. The van der Waals surface area contributed by atoms with Crippen LogP contribution in [0.4, 0.5) is 0 Å². The molecule has 0 atom stereocenters. The van der Waals surface area contributed by atoms with Gasteiger partial charge in [0.2, 0.25) is 0 Å². The van der Waals surface area contributed by atoms with E-state index in [4.69, 9.17) is 4.74 Å². The molecule has 0 amide bonds. The van der Waals surface area contributed by atoms with Crippen molar-refractivity contribution in [3.8, 4) is 39.1 Å². The van der Waals surface area contributed by atoms with E-state index in [1.807, 2.05) is 12.1 Å². The summed E-state index contributed by atoms with van der Waals surface area (Å²) in [4.78, 5) is 0. The van der Waals surface area contributed by atoms with E-state index in [0.717, 1.165) is 5.75 Å². The standard InChI is InChI=1S/C40H29NO/c1-41-37-17-8-7-12-31(37)36-25-28(20-23-38(36)41)27-10-9-11-29(24-27)40-34-15-5-3-13-32(34)39(33-14-4-6-16-35(33)40)26-18-21-30(42-2)22-19-26/h3-25H,1-2H3. The third kappa shape index (κ3) is 3.73. The molecule has 0 radical (unpaired) electrons. The molecule has 1 heterocycles. The summed E-state index contributed by atoms with van der Waals surface area (Å²) in [5.74, 6) is 0.863. The number of hydrogen-bond donors (Lipinski definition) is 0. The highest BCUT2D eigenvalue weighted by molar-refractivity contribution is 6.21. The molecular formula is C40H29NO. The topological polar surface area (TPSA) is 14.2 Å². The second-order valence-electron chi connectivity index (χ2n) is 11.0. The Hall–Kier alpha value is -5.34. The Kier molecular flexibility index (Phi) is 5.61. The molecule has 0 saturated carbocycles. The van der Waals surface area contributed by atoms with Crippen molar-refractivity contribution in [2.45, 2.75) is 0 Å². The summed E-state index contributed by atoms with van der Waals surface area (Å²) < 4.78 is 7.73. The van der Waals surface area contributed by atoms with Gasteiger partial charge in [-0.15, -0.1) is 0 Å². The predicted octanol–water partition coefficient (Wildman–Crippen LogP) is 10.6. The van der Waals surface area contributed by atoms with E-state index in [0.29, 0.717) is 0 Å². The fourth-order valence-electron chi connectivity index (χ4n) is 6.71. The fourth-order valence-corrected chi connectivity index (χ4v) is 6.71. The summed E-state index contributed by atoms with van der Waals surface area (Å²) in [5, 5.41) is 7.58. The molecule has 8 aromatic rings. The van der Waals surface area contributed by atoms with Crippen molar-refractivity contribution in [3.05, 3.63) is 140 Å². The minimum atomic E-state index is 0.863. The maximum Gasteiger partial charge on any atom is 0.118 e. The van der Waals surface area contributed by atoms with Gasteiger partial charge in [0.25, 0.3) is 0 Å². The van der Waals surface area contributed by atoms with Gasteiger partial charge in [-0.3, -0.25) is 0 Å². The van der Waals surface area contributed by atoms with E-state index in [2.05, 4.69) is 139 Å². The summed E-state index contributed by atoms with van der Waals surface area (Å²) in [7, 11) is 3.86. The van der Waals surface area contributed by atoms with Gasteiger partial charge in [-0.2, -0.15) is 0 Å². The summed E-state index contributed by atoms with van der Waals surface area (Å²) in [6.45, 7) is 0. The minimum absolute atomic E-state index is 0.863. The molecule has 0 spiro atoms. The van der Waals surface area contributed by atoms with E-state index in [1.165, 1.54) is 76.7 Å². The largest absolute Gasteiger partial charge is 0.497 e. The van der Waals surface area contributed by atoms with E-state index in [1.54, 1.807) is 7.11 Å². The average Bonchev–Trinajstić information content (AvgIpc) is 3.34. The first-order valence-electron chi connectivity index (χ1n) is 14.4. The number of para-hydroxylation sites is 1. The Bertz CT molecular complexity index is 2230. The molecule has 200 valence electrons. The van der Waals surface area contributed by atoms with Crippen LogP contribution in [-0.2, 0) is 7.05 Å². The van der Waals surface area contributed by atoms with Gasteiger partial charge in [0, 0.05) is 28.9 Å². The van der Waals surface area contributed by atoms with Crippen molar-refractivity contribution in [1.82, 2.24) is 4.57 Å². The molecule has 2 heteroatoms. The highest BCUT2D eigenvalue weighted by Gasteiger charge is 2.17. The smallest absolute Gasteiger partial charge is 0.118 e. The third-order valence-corrected chi connectivity index (χ3v) is 8.71. The van der Waals surface area contributed by atoms with Gasteiger partial charge in [-0.25, -0.2) is 0 Å². The maximum atomic E-state index is 5.45. The zero-order valence-corrected chi connectivity index (χ0v) is 23.6. The van der Waals surface area contributed by atoms with Crippen molar-refractivity contribution >= 4 is 43.4 Å². The van der Waals surface area contributed by atoms with E-state index >= 15 is 0 Å². The number of methoxy groups -OCH3 is 1. The van der Waals surface area contributed by atoms with Crippen LogP contribution in [0.15, 0.2) is 140 Å². The van der Waals surface area contributed by atoms with Crippen LogP contribution in [0.3, 0.4) is 0 Å². The summed E-state index contributed by atoms with van der Waals surface area (Å²) in [5.41, 5.74) is 9.89. The molecule has 0 saturated heterocycles. The van der Waals surface area contributed by atoms with Crippen molar-refractivity contribution < 1.29 is 4.74 Å². The lowest BCUT2D eigenvalue weighted by molar-refractivity contribution is 0.415. The van der Waals surface area contributed by atoms with Crippen LogP contribution in [-0.4, -0.2) is 11.7 Å². The Morgan fingerprint density at radius 3 is 1.55 bits per heavy atom. The first-order chi connectivity index (χ1) is 20.7. The number of benzene rings is 7. The summed E-state index contributed by atoms with van der Waals surface area (Å²) >= 11 is 0. The molecule has 0 N–H and O–H groups in total. The number of aromatic nitrogens is 1. The second kappa shape index (κ2) is 9.64. The van der Waals surface area contributed by atoms with E-state index in [-0.39, 0.29) is 0 Å². The number of rotatable bonds is 4. The van der Waals surface area contributed by atoms with Crippen LogP contribution in [0.1, 0.15) is 0 Å². The Morgan fingerprint density at radius 2 is 0.905 bits per heavy atom. The molecule has 0 aliphatic carbocycles. The molecule has 0 bridgehead atoms. The molecule has 0 fully saturated rings. The van der Waals surface area contributed by atoms with Crippen LogP contribution in [0.25, 0.3) is 76.7 Å². The Morgan fingerprint density at radius 1 is 0.405 bits per heavy atom. The Labute approximate surface area is 245 Å². The number of hydrogen-bond acceptors (Lipinski definition) is 1. The molecular weight excluding hydrogens is 510 g/mol. The van der Waals surface area contributed by atoms with Gasteiger partial charge in [-0.05, 0) is 91.3 Å². The molecule has 0 aliphatic rings. The lowest BCUT2D eigenvalue weighted by atomic mass is 9.85. The van der Waals surface area contributed by atoms with Crippen molar-refractivity contribution in [2.75, 3.05) is 7.11 Å². The first-order valence-corrected chi connectivity index (χ1v) is 14.4. The van der Waals surface area contributed by atoms with E-state index < -0.39 is 0 Å². The van der Waals surface area contributed by atoms with Crippen LogP contribution in [0, 0.1) is 0 Å². The highest BCUT2D eigenvalue weighted by Crippen LogP contribution is 2.44. The molecule has 1 aromatic heterocycles. The molecule has 0 unspecified atom stereocenters. The van der Waals surface area contributed by atoms with Crippen LogP contribution < -0.4 is 4.74 Å². The van der Waals surface area contributed by atoms with Gasteiger partial charge < -0.3 is 9.30 Å². The lowest BCUT2D eigenvalue weighted by Crippen LogP contribution is -1.91. The second-order valence-corrected chi connectivity index (χ2v) is 11.0. The van der Waals surface area contributed by atoms with Gasteiger partial charge in [0.1, 0.15) is 5.75 Å². The first kappa shape index (κ1) is 24.5. The number of nitrogens with zero attached hydrogens (tertiary/aromatic N) is 1. The zero-order valence-electron chi connectivity index (χ0n) is 23.6. The molecule has 7 aromatic carbocycles. The van der Waals surface area contributed by atoms with Gasteiger partial charge >= 0.3 is 0 Å². The normalized spacial score (nSPS) is 11.6. The molecule has 42 heavy (non-hydrogen) atoms. The predicted molar refractivity (Wildman–Crippen MR) is 178 cm³/mol. The van der Waals surface area contributed by atoms with Crippen molar-refractivity contribution in [1.29, 1.82) is 0 Å². The van der Waals surface area contributed by atoms with Crippen LogP contribution >= 0.6 is 0 Å².